The van der Waals surface area contributed by atoms with Crippen molar-refractivity contribution in [2.75, 3.05) is 0 Å². The van der Waals surface area contributed by atoms with Crippen LogP contribution in [0.25, 0.3) is 153 Å². The fraction of sp³-hybridized carbons (Fsp3) is 0. The van der Waals surface area contributed by atoms with E-state index in [9.17, 15) is 0 Å². The third-order valence-electron chi connectivity index (χ3n) is 15.6. The highest BCUT2D eigenvalue weighted by atomic mass is 14.9. The Bertz CT molecular complexity index is 4530. The van der Waals surface area contributed by atoms with Gasteiger partial charge in [-0.05, 0) is 108 Å². The molecule has 0 saturated heterocycles. The number of hydrogen-bond acceptors (Lipinski definition) is 0. The Morgan fingerprint density at radius 3 is 1.00 bits per heavy atom. The number of fused-ring (bicyclic) bond motifs is 14. The van der Waals surface area contributed by atoms with E-state index in [4.69, 9.17) is 0 Å². The van der Waals surface area contributed by atoms with Crippen LogP contribution in [0.5, 0.6) is 0 Å². The van der Waals surface area contributed by atoms with Crippen LogP contribution in [-0.2, 0) is 0 Å². The molecule has 0 radical (unpaired) electrons. The van der Waals surface area contributed by atoms with Crippen LogP contribution >= 0.6 is 0 Å². The highest BCUT2D eigenvalue weighted by Gasteiger charge is 2.25. The molecule has 4 aromatic heterocycles. The first-order valence-corrected chi connectivity index (χ1v) is 24.4. The minimum Gasteiger partial charge on any atom is -0.308 e. The zero-order chi connectivity index (χ0) is 45.6. The molecule has 4 heterocycles. The summed E-state index contributed by atoms with van der Waals surface area (Å²) in [6.07, 6.45) is 0. The molecule has 0 amide bonds. The molecule has 0 bridgehead atoms. The predicted octanol–water partition coefficient (Wildman–Crippen LogP) is 18.6. The molecule has 2 heteroatoms. The van der Waals surface area contributed by atoms with Crippen LogP contribution < -0.4 is 0 Å². The van der Waals surface area contributed by atoms with Gasteiger partial charge >= 0.3 is 0 Å². The monoisotopic (exact) mass is 884 g/mol. The summed E-state index contributed by atoms with van der Waals surface area (Å²) in [6.45, 7) is 0. The molecule has 16 rings (SSSR count). The first-order valence-electron chi connectivity index (χ1n) is 24.4. The van der Waals surface area contributed by atoms with Gasteiger partial charge in [-0.25, -0.2) is 0 Å². The Hall–Kier alpha value is -9.24. The SMILES string of the molecule is c1ccc(-c2c3cccc(-c4ccccc4-c4ccc5c6ccccc6n6c7ccccc7c4c56)c3cc3c(-c4ccccc4-c4ccc5c6ccccc6n6c7ccccc7c4c56)cccc23)cc1. The molecule has 0 N–H and O–H groups in total. The minimum absolute atomic E-state index is 1.21. The third kappa shape index (κ3) is 4.96. The number of para-hydroxylation sites is 4. The van der Waals surface area contributed by atoms with Gasteiger partial charge in [0.05, 0.1) is 33.1 Å². The molecule has 0 spiro atoms. The lowest BCUT2D eigenvalue weighted by molar-refractivity contribution is 1.37. The van der Waals surface area contributed by atoms with Crippen molar-refractivity contribution in [3.05, 3.63) is 243 Å². The van der Waals surface area contributed by atoms with E-state index in [1.807, 2.05) is 0 Å². The average Bonchev–Trinajstić information content (AvgIpc) is 4.17. The zero-order valence-corrected chi connectivity index (χ0v) is 38.0. The summed E-state index contributed by atoms with van der Waals surface area (Å²) < 4.78 is 4.97. The van der Waals surface area contributed by atoms with Gasteiger partial charge in [0.15, 0.2) is 0 Å². The van der Waals surface area contributed by atoms with E-state index in [0.717, 1.165) is 0 Å². The van der Waals surface area contributed by atoms with E-state index in [2.05, 4.69) is 251 Å². The lowest BCUT2D eigenvalue weighted by Gasteiger charge is -2.20. The van der Waals surface area contributed by atoms with Crippen LogP contribution in [0.3, 0.4) is 0 Å². The second kappa shape index (κ2) is 14.1. The van der Waals surface area contributed by atoms with E-state index >= 15 is 0 Å². The summed E-state index contributed by atoms with van der Waals surface area (Å²) in [7, 11) is 0. The van der Waals surface area contributed by atoms with Crippen molar-refractivity contribution >= 4 is 97.7 Å². The molecular formula is C68H40N2. The Morgan fingerprint density at radius 2 is 0.543 bits per heavy atom. The van der Waals surface area contributed by atoms with Gasteiger partial charge in [0.2, 0.25) is 0 Å². The Labute approximate surface area is 402 Å². The molecule has 2 nitrogen and oxygen atoms in total. The fourth-order valence-electron chi connectivity index (χ4n) is 12.8. The highest BCUT2D eigenvalue weighted by Crippen LogP contribution is 2.50. The minimum atomic E-state index is 1.21. The third-order valence-corrected chi connectivity index (χ3v) is 15.6. The van der Waals surface area contributed by atoms with Crippen molar-refractivity contribution in [2.45, 2.75) is 0 Å². The second-order valence-electron chi connectivity index (χ2n) is 19.0. The maximum Gasteiger partial charge on any atom is 0.0626 e. The summed E-state index contributed by atoms with van der Waals surface area (Å²) in [6, 6.07) is 90.6. The molecule has 12 aromatic carbocycles. The van der Waals surface area contributed by atoms with Gasteiger partial charge in [-0.3, -0.25) is 0 Å². The maximum atomic E-state index is 2.50. The van der Waals surface area contributed by atoms with Gasteiger partial charge in [0, 0.05) is 43.1 Å². The lowest BCUT2D eigenvalue weighted by Crippen LogP contribution is -1.93. The Balaban J connectivity index is 0.977. The molecule has 0 unspecified atom stereocenters. The van der Waals surface area contributed by atoms with Crippen molar-refractivity contribution < 1.29 is 0 Å². The number of nitrogens with zero attached hydrogens (tertiary/aromatic N) is 2. The van der Waals surface area contributed by atoms with Gasteiger partial charge in [-0.2, -0.15) is 0 Å². The summed E-state index contributed by atoms with van der Waals surface area (Å²) in [5.74, 6) is 0. The number of hydrogen-bond donors (Lipinski definition) is 0. The number of rotatable bonds is 5. The van der Waals surface area contributed by atoms with Gasteiger partial charge in [-0.1, -0.05) is 212 Å². The number of aromatic nitrogens is 2. The normalized spacial score (nSPS) is 12.3. The molecular weight excluding hydrogens is 845 g/mol. The highest BCUT2D eigenvalue weighted by molar-refractivity contribution is 6.30. The summed E-state index contributed by atoms with van der Waals surface area (Å²) >= 11 is 0. The van der Waals surface area contributed by atoms with Crippen molar-refractivity contribution in [1.29, 1.82) is 0 Å². The van der Waals surface area contributed by atoms with E-state index in [1.54, 1.807) is 0 Å². The molecule has 16 aromatic rings. The van der Waals surface area contributed by atoms with Crippen LogP contribution in [0, 0.1) is 0 Å². The molecule has 0 saturated carbocycles. The zero-order valence-electron chi connectivity index (χ0n) is 38.0. The van der Waals surface area contributed by atoms with Crippen molar-refractivity contribution in [3.8, 4) is 55.6 Å². The standard InChI is InChI=1S/C68H40N2/c1-2-18-41(19-3-1)64-50-30-16-28-46(42-20-4-6-22-44(42)52-36-38-54-48-24-8-12-32-60(48)69-62-34-14-10-26-56(62)65(52)67(54)69)58(50)40-59-47(29-17-31-51(59)64)43-21-5-7-23-45(43)53-37-39-55-49-25-9-13-33-61(49)70-63-35-15-11-27-57(63)66(53)68(55)70/h1-40H. The van der Waals surface area contributed by atoms with Gasteiger partial charge in [0.25, 0.3) is 0 Å². The smallest absolute Gasteiger partial charge is 0.0626 e. The largest absolute Gasteiger partial charge is 0.308 e. The van der Waals surface area contributed by atoms with E-state index < -0.39 is 0 Å². The molecule has 0 aliphatic carbocycles. The Kier molecular flexibility index (Phi) is 7.64. The predicted molar refractivity (Wildman–Crippen MR) is 298 cm³/mol. The molecule has 322 valence electrons. The number of benzene rings is 12. The van der Waals surface area contributed by atoms with Crippen LogP contribution in [-0.4, -0.2) is 8.80 Å². The first kappa shape index (κ1) is 37.8. The Morgan fingerprint density at radius 1 is 0.200 bits per heavy atom. The van der Waals surface area contributed by atoms with Gasteiger partial charge in [0.1, 0.15) is 0 Å². The average molecular weight is 885 g/mol. The second-order valence-corrected chi connectivity index (χ2v) is 19.0. The van der Waals surface area contributed by atoms with Crippen LogP contribution in [0.2, 0.25) is 0 Å². The quantitative estimate of drug-likeness (QED) is 0.152. The molecule has 0 fully saturated rings. The van der Waals surface area contributed by atoms with Gasteiger partial charge < -0.3 is 8.80 Å². The van der Waals surface area contributed by atoms with Crippen LogP contribution in [0.1, 0.15) is 0 Å². The van der Waals surface area contributed by atoms with Crippen LogP contribution in [0.4, 0.5) is 0 Å². The van der Waals surface area contributed by atoms with Gasteiger partial charge in [-0.15, -0.1) is 0 Å². The molecule has 70 heavy (non-hydrogen) atoms. The first-order chi connectivity index (χ1) is 34.8. The summed E-state index contributed by atoms with van der Waals surface area (Å²) in [5.41, 5.74) is 19.9. The molecule has 0 aliphatic rings. The van der Waals surface area contributed by atoms with E-state index in [1.165, 1.54) is 153 Å². The fourth-order valence-corrected chi connectivity index (χ4v) is 12.8. The van der Waals surface area contributed by atoms with Crippen molar-refractivity contribution in [3.63, 3.8) is 0 Å². The maximum absolute atomic E-state index is 2.50. The van der Waals surface area contributed by atoms with E-state index in [0.29, 0.717) is 0 Å². The van der Waals surface area contributed by atoms with Crippen molar-refractivity contribution in [1.82, 2.24) is 8.80 Å². The summed E-state index contributed by atoms with van der Waals surface area (Å²) in [4.78, 5) is 0. The molecule has 0 atom stereocenters. The van der Waals surface area contributed by atoms with Crippen molar-refractivity contribution in [2.24, 2.45) is 0 Å². The van der Waals surface area contributed by atoms with Crippen LogP contribution in [0.15, 0.2) is 243 Å². The topological polar surface area (TPSA) is 8.82 Å². The summed E-state index contributed by atoms with van der Waals surface area (Å²) in [5, 5.41) is 15.3. The molecule has 0 aliphatic heterocycles. The lowest BCUT2D eigenvalue weighted by atomic mass is 9.83. The van der Waals surface area contributed by atoms with E-state index in [-0.39, 0.29) is 0 Å².